The Morgan fingerprint density at radius 3 is 2.75 bits per heavy atom. The molecule has 2 fully saturated rings. The molecule has 8 nitrogen and oxygen atoms in total. The minimum absolute atomic E-state index is 0.371. The summed E-state index contributed by atoms with van der Waals surface area (Å²) in [5, 5.41) is 23.5. The summed E-state index contributed by atoms with van der Waals surface area (Å²) in [6, 6.07) is 2.54. The van der Waals surface area contributed by atoms with E-state index in [1.165, 1.54) is 0 Å². The van der Waals surface area contributed by atoms with Crippen LogP contribution in [0.25, 0.3) is 0 Å². The van der Waals surface area contributed by atoms with Gasteiger partial charge in [-0.05, 0) is 37.8 Å². The maximum atomic E-state index is 9.32. The van der Waals surface area contributed by atoms with Gasteiger partial charge in [-0.1, -0.05) is 0 Å². The van der Waals surface area contributed by atoms with E-state index in [1.807, 2.05) is 13.2 Å². The molecule has 0 aromatic carbocycles. The van der Waals surface area contributed by atoms with Crippen LogP contribution in [0.2, 0.25) is 0 Å². The van der Waals surface area contributed by atoms with E-state index in [2.05, 4.69) is 37.1 Å². The molecule has 1 saturated heterocycles. The summed E-state index contributed by atoms with van der Waals surface area (Å²) in [5.74, 6) is 2.55. The monoisotopic (exact) mass is 324 g/mol. The second-order valence-corrected chi connectivity index (χ2v) is 6.59. The zero-order valence-corrected chi connectivity index (χ0v) is 13.5. The average Bonchev–Trinajstić information content (AvgIpc) is 3.24. The fraction of sp³-hybridized carbons (Fsp3) is 0.500. The molecule has 2 aromatic rings. The molecule has 24 heavy (non-hydrogen) atoms. The van der Waals surface area contributed by atoms with Crippen LogP contribution in [0.4, 0.5) is 17.5 Å². The Hall–Kier alpha value is -2.66. The van der Waals surface area contributed by atoms with Crippen LogP contribution < -0.4 is 16.0 Å². The van der Waals surface area contributed by atoms with Crippen molar-refractivity contribution in [3.8, 4) is 6.07 Å². The third-order valence-corrected chi connectivity index (χ3v) is 4.87. The lowest BCUT2D eigenvalue weighted by atomic mass is 10.0. The van der Waals surface area contributed by atoms with Gasteiger partial charge in [-0.15, -0.1) is 0 Å². The molecule has 8 heteroatoms. The first-order chi connectivity index (χ1) is 11.7. The van der Waals surface area contributed by atoms with Crippen molar-refractivity contribution in [2.24, 2.45) is 18.9 Å². The molecular weight excluding hydrogens is 304 g/mol. The molecule has 0 amide bonds. The topological polar surface area (TPSA) is 103 Å². The van der Waals surface area contributed by atoms with Gasteiger partial charge in [-0.25, -0.2) is 4.98 Å². The van der Waals surface area contributed by atoms with E-state index in [4.69, 9.17) is 0 Å². The number of anilines is 3. The molecule has 2 unspecified atom stereocenters. The van der Waals surface area contributed by atoms with Crippen molar-refractivity contribution in [2.45, 2.75) is 18.9 Å². The maximum Gasteiger partial charge on any atom is 0.229 e. The van der Waals surface area contributed by atoms with Crippen LogP contribution in [0.3, 0.4) is 0 Å². The van der Waals surface area contributed by atoms with Crippen molar-refractivity contribution in [1.29, 1.82) is 5.26 Å². The smallest absolute Gasteiger partial charge is 0.229 e. The molecule has 2 aromatic heterocycles. The largest absolute Gasteiger partial charge is 0.366 e. The van der Waals surface area contributed by atoms with Gasteiger partial charge >= 0.3 is 0 Å². The van der Waals surface area contributed by atoms with Crippen LogP contribution in [0, 0.1) is 23.2 Å². The molecule has 1 aliphatic heterocycles. The number of aryl methyl sites for hydroxylation is 1. The first-order valence-corrected chi connectivity index (χ1v) is 8.21. The fourth-order valence-corrected chi connectivity index (χ4v) is 3.73. The van der Waals surface area contributed by atoms with Gasteiger partial charge in [0.2, 0.25) is 5.95 Å². The highest BCUT2D eigenvalue weighted by Gasteiger charge is 2.37. The molecular formula is C16H20N8. The summed E-state index contributed by atoms with van der Waals surface area (Å²) in [6.45, 7) is 2.21. The summed E-state index contributed by atoms with van der Waals surface area (Å²) in [5.41, 5.74) is 1.29. The first kappa shape index (κ1) is 14.9. The minimum Gasteiger partial charge on any atom is -0.366 e. The number of rotatable bonds is 4. The Bertz CT molecular complexity index is 765. The number of aromatic nitrogens is 4. The van der Waals surface area contributed by atoms with Crippen LogP contribution >= 0.6 is 0 Å². The Balaban J connectivity index is 1.50. The number of fused-ring (bicyclic) bond motifs is 1. The number of nitriles is 1. The third kappa shape index (κ3) is 2.90. The Morgan fingerprint density at radius 1 is 1.29 bits per heavy atom. The predicted octanol–water partition coefficient (Wildman–Crippen LogP) is 1.24. The Labute approximate surface area is 140 Å². The molecule has 3 heterocycles. The van der Waals surface area contributed by atoms with Crippen LogP contribution in [-0.2, 0) is 7.05 Å². The van der Waals surface area contributed by atoms with E-state index in [0.717, 1.165) is 43.5 Å². The van der Waals surface area contributed by atoms with Gasteiger partial charge in [-0.2, -0.15) is 15.3 Å². The summed E-state index contributed by atoms with van der Waals surface area (Å²) in [6.07, 6.45) is 7.36. The molecule has 4 rings (SSSR count). The van der Waals surface area contributed by atoms with Gasteiger partial charge in [0.1, 0.15) is 17.5 Å². The fourth-order valence-electron chi connectivity index (χ4n) is 3.73. The van der Waals surface area contributed by atoms with Crippen molar-refractivity contribution in [1.82, 2.24) is 25.1 Å². The van der Waals surface area contributed by atoms with Gasteiger partial charge in [0.25, 0.3) is 0 Å². The first-order valence-electron chi connectivity index (χ1n) is 8.21. The lowest BCUT2D eigenvalue weighted by Gasteiger charge is -2.16. The molecule has 1 saturated carbocycles. The summed E-state index contributed by atoms with van der Waals surface area (Å²) in [7, 11) is 1.85. The Kier molecular flexibility index (Phi) is 3.78. The molecule has 0 bridgehead atoms. The third-order valence-electron chi connectivity index (χ3n) is 4.87. The van der Waals surface area contributed by atoms with E-state index in [1.54, 1.807) is 17.1 Å². The van der Waals surface area contributed by atoms with E-state index >= 15 is 0 Å². The maximum absolute atomic E-state index is 9.32. The summed E-state index contributed by atoms with van der Waals surface area (Å²) in [4.78, 5) is 8.71. The van der Waals surface area contributed by atoms with Crippen molar-refractivity contribution in [3.63, 3.8) is 0 Å². The van der Waals surface area contributed by atoms with Gasteiger partial charge < -0.3 is 16.0 Å². The molecule has 2 atom stereocenters. The zero-order valence-electron chi connectivity index (χ0n) is 13.5. The van der Waals surface area contributed by atoms with Crippen molar-refractivity contribution in [3.05, 3.63) is 24.2 Å². The van der Waals surface area contributed by atoms with E-state index in [9.17, 15) is 5.26 Å². The van der Waals surface area contributed by atoms with Gasteiger partial charge in [0.05, 0.1) is 18.1 Å². The summed E-state index contributed by atoms with van der Waals surface area (Å²) < 4.78 is 1.70. The number of nitrogens with one attached hydrogen (secondary N) is 3. The number of nitrogens with zero attached hydrogens (tertiary/aromatic N) is 5. The SMILES string of the molecule is Cn1cc(Nc2ncc(C#N)c(NC3CC4CNCC4C3)n2)cn1. The highest BCUT2D eigenvalue weighted by atomic mass is 15.3. The molecule has 0 radical (unpaired) electrons. The average molecular weight is 324 g/mol. The molecule has 1 aliphatic carbocycles. The van der Waals surface area contributed by atoms with E-state index in [-0.39, 0.29) is 0 Å². The zero-order chi connectivity index (χ0) is 16.5. The van der Waals surface area contributed by atoms with Crippen molar-refractivity contribution < 1.29 is 0 Å². The van der Waals surface area contributed by atoms with Crippen molar-refractivity contribution in [2.75, 3.05) is 23.7 Å². The van der Waals surface area contributed by atoms with E-state index in [0.29, 0.717) is 23.4 Å². The number of hydrogen-bond donors (Lipinski definition) is 3. The molecule has 3 N–H and O–H groups in total. The van der Waals surface area contributed by atoms with Crippen LogP contribution in [0.15, 0.2) is 18.6 Å². The lowest BCUT2D eigenvalue weighted by molar-refractivity contribution is 0.494. The van der Waals surface area contributed by atoms with Crippen LogP contribution in [0.5, 0.6) is 0 Å². The number of hydrogen-bond acceptors (Lipinski definition) is 7. The molecule has 0 spiro atoms. The summed E-state index contributed by atoms with van der Waals surface area (Å²) >= 11 is 0. The van der Waals surface area contributed by atoms with Crippen LogP contribution in [-0.4, -0.2) is 38.9 Å². The van der Waals surface area contributed by atoms with Gasteiger partial charge in [0, 0.05) is 19.3 Å². The standard InChI is InChI=1S/C16H20N8/c1-24-9-14(8-20-24)22-16-19-7-12(4-17)15(23-16)21-13-2-10-5-18-6-11(10)3-13/h7-11,13,18H,2-3,5-6H2,1H3,(H2,19,21,22,23). The van der Waals surface area contributed by atoms with Gasteiger partial charge in [-0.3, -0.25) is 4.68 Å². The predicted molar refractivity (Wildman–Crippen MR) is 89.7 cm³/mol. The van der Waals surface area contributed by atoms with Crippen molar-refractivity contribution >= 4 is 17.5 Å². The highest BCUT2D eigenvalue weighted by molar-refractivity contribution is 5.57. The van der Waals surface area contributed by atoms with Crippen LogP contribution in [0.1, 0.15) is 18.4 Å². The quantitative estimate of drug-likeness (QED) is 0.777. The molecule has 2 aliphatic rings. The normalized spacial score (nSPS) is 25.2. The van der Waals surface area contributed by atoms with Gasteiger partial charge in [0.15, 0.2) is 0 Å². The second kappa shape index (κ2) is 6.09. The minimum atomic E-state index is 0.371. The second-order valence-electron chi connectivity index (χ2n) is 6.59. The molecule has 124 valence electrons. The highest BCUT2D eigenvalue weighted by Crippen LogP contribution is 2.36. The Morgan fingerprint density at radius 2 is 2.08 bits per heavy atom. The lowest BCUT2D eigenvalue weighted by Crippen LogP contribution is -2.22. The van der Waals surface area contributed by atoms with E-state index < -0.39 is 0 Å².